The first kappa shape index (κ1) is 12.6. The number of fused-ring (bicyclic) bond motifs is 1. The molecule has 1 nitrogen and oxygen atoms in total. The zero-order valence-corrected chi connectivity index (χ0v) is 11.0. The minimum atomic E-state index is 0.910. The van der Waals surface area contributed by atoms with Gasteiger partial charge in [0.05, 0.1) is 0 Å². The third-order valence-electron chi connectivity index (χ3n) is 3.58. The molecule has 94 valence electrons. The molecule has 0 radical (unpaired) electrons. The molecule has 0 fully saturated rings. The Balaban J connectivity index is 1.87. The maximum atomic E-state index is 5.55. The van der Waals surface area contributed by atoms with E-state index >= 15 is 0 Å². The highest BCUT2D eigenvalue weighted by Gasteiger charge is 2.12. The van der Waals surface area contributed by atoms with Gasteiger partial charge in [-0.3, -0.25) is 0 Å². The molecule has 0 bridgehead atoms. The van der Waals surface area contributed by atoms with Gasteiger partial charge in [0, 0.05) is 13.2 Å². The highest BCUT2D eigenvalue weighted by Crippen LogP contribution is 2.25. The number of ether oxygens (including phenoxy) is 1. The van der Waals surface area contributed by atoms with Crippen molar-refractivity contribution >= 4 is 0 Å². The molecule has 0 aromatic heterocycles. The molecule has 1 aromatic rings. The molecule has 2 rings (SSSR count). The molecule has 0 atom stereocenters. The van der Waals surface area contributed by atoms with Gasteiger partial charge in [-0.1, -0.05) is 25.1 Å². The number of hydrogen-bond acceptors (Lipinski definition) is 1. The summed E-state index contributed by atoms with van der Waals surface area (Å²) in [5.41, 5.74) is 4.82. The van der Waals surface area contributed by atoms with Crippen LogP contribution in [-0.2, 0) is 24.0 Å². The predicted octanol–water partition coefficient (Wildman–Crippen LogP) is 3.92. The van der Waals surface area contributed by atoms with Crippen LogP contribution in [-0.4, -0.2) is 13.2 Å². The molecule has 0 saturated carbocycles. The Morgan fingerprint density at radius 1 is 1.12 bits per heavy atom. The second-order valence-corrected chi connectivity index (χ2v) is 4.98. The summed E-state index contributed by atoms with van der Waals surface area (Å²) in [6.07, 6.45) is 8.80. The molecule has 0 aliphatic heterocycles. The SMILES string of the molecule is CCCOCCCc1cccc2c1CCCC2. The van der Waals surface area contributed by atoms with Gasteiger partial charge in [-0.2, -0.15) is 0 Å². The van der Waals surface area contributed by atoms with Gasteiger partial charge in [0.1, 0.15) is 0 Å². The molecule has 0 heterocycles. The second kappa shape index (κ2) is 6.80. The van der Waals surface area contributed by atoms with Gasteiger partial charge in [-0.05, 0) is 61.6 Å². The Hall–Kier alpha value is -0.820. The van der Waals surface area contributed by atoms with Crippen LogP contribution in [0, 0.1) is 0 Å². The topological polar surface area (TPSA) is 9.23 Å². The van der Waals surface area contributed by atoms with Crippen LogP contribution in [0.3, 0.4) is 0 Å². The van der Waals surface area contributed by atoms with Crippen molar-refractivity contribution in [1.82, 2.24) is 0 Å². The molecule has 0 unspecified atom stereocenters. The summed E-state index contributed by atoms with van der Waals surface area (Å²) >= 11 is 0. The first-order chi connectivity index (χ1) is 8.42. The van der Waals surface area contributed by atoms with Crippen LogP contribution in [0.1, 0.15) is 49.3 Å². The van der Waals surface area contributed by atoms with Crippen molar-refractivity contribution in [3.05, 3.63) is 34.9 Å². The molecular formula is C16H24O. The van der Waals surface area contributed by atoms with Crippen LogP contribution >= 0.6 is 0 Å². The van der Waals surface area contributed by atoms with Gasteiger partial charge in [-0.15, -0.1) is 0 Å². The van der Waals surface area contributed by atoms with Crippen LogP contribution in [0.4, 0.5) is 0 Å². The van der Waals surface area contributed by atoms with Gasteiger partial charge in [0.25, 0.3) is 0 Å². The van der Waals surface area contributed by atoms with E-state index in [0.29, 0.717) is 0 Å². The van der Waals surface area contributed by atoms with Crippen LogP contribution in [0.25, 0.3) is 0 Å². The zero-order chi connectivity index (χ0) is 11.9. The van der Waals surface area contributed by atoms with E-state index in [2.05, 4.69) is 25.1 Å². The Kier molecular flexibility index (Phi) is 5.06. The van der Waals surface area contributed by atoms with E-state index in [9.17, 15) is 0 Å². The van der Waals surface area contributed by atoms with Crippen molar-refractivity contribution in [1.29, 1.82) is 0 Å². The van der Waals surface area contributed by atoms with E-state index in [4.69, 9.17) is 4.74 Å². The molecular weight excluding hydrogens is 208 g/mol. The fourth-order valence-corrected chi connectivity index (χ4v) is 2.71. The van der Waals surface area contributed by atoms with Gasteiger partial charge in [-0.25, -0.2) is 0 Å². The average molecular weight is 232 g/mol. The number of hydrogen-bond donors (Lipinski definition) is 0. The van der Waals surface area contributed by atoms with Crippen LogP contribution in [0.2, 0.25) is 0 Å². The molecule has 0 spiro atoms. The standard InChI is InChI=1S/C16H24O/c1-2-12-17-13-6-10-15-9-5-8-14-7-3-4-11-16(14)15/h5,8-9H,2-4,6-7,10-13H2,1H3. The van der Waals surface area contributed by atoms with E-state index < -0.39 is 0 Å². The second-order valence-electron chi connectivity index (χ2n) is 4.98. The lowest BCUT2D eigenvalue weighted by atomic mass is 9.87. The molecule has 0 N–H and O–H groups in total. The van der Waals surface area contributed by atoms with Gasteiger partial charge in [0.15, 0.2) is 0 Å². The van der Waals surface area contributed by atoms with Crippen molar-refractivity contribution < 1.29 is 4.74 Å². The fraction of sp³-hybridized carbons (Fsp3) is 0.625. The van der Waals surface area contributed by atoms with Crippen molar-refractivity contribution in [2.24, 2.45) is 0 Å². The molecule has 1 aliphatic carbocycles. The Morgan fingerprint density at radius 3 is 2.88 bits per heavy atom. The van der Waals surface area contributed by atoms with E-state index in [-0.39, 0.29) is 0 Å². The Labute approximate surface area is 105 Å². The highest BCUT2D eigenvalue weighted by atomic mass is 16.5. The third kappa shape index (κ3) is 3.57. The molecule has 0 saturated heterocycles. The van der Waals surface area contributed by atoms with E-state index in [1.807, 2.05) is 0 Å². The predicted molar refractivity (Wildman–Crippen MR) is 72.5 cm³/mol. The summed E-state index contributed by atoms with van der Waals surface area (Å²) in [5, 5.41) is 0. The summed E-state index contributed by atoms with van der Waals surface area (Å²) in [5.74, 6) is 0. The summed E-state index contributed by atoms with van der Waals surface area (Å²) in [6.45, 7) is 3.98. The summed E-state index contributed by atoms with van der Waals surface area (Å²) in [7, 11) is 0. The average Bonchev–Trinajstić information content (AvgIpc) is 2.39. The maximum Gasteiger partial charge on any atom is 0.0469 e. The molecule has 0 amide bonds. The molecule has 1 aliphatic rings. The largest absolute Gasteiger partial charge is 0.381 e. The van der Waals surface area contributed by atoms with Crippen LogP contribution in [0.5, 0.6) is 0 Å². The first-order valence-electron chi connectivity index (χ1n) is 7.09. The summed E-state index contributed by atoms with van der Waals surface area (Å²) in [4.78, 5) is 0. The minimum absolute atomic E-state index is 0.910. The lowest BCUT2D eigenvalue weighted by Crippen LogP contribution is -2.07. The van der Waals surface area contributed by atoms with Crippen molar-refractivity contribution in [3.63, 3.8) is 0 Å². The highest BCUT2D eigenvalue weighted by molar-refractivity contribution is 5.37. The smallest absolute Gasteiger partial charge is 0.0469 e. The summed E-state index contributed by atoms with van der Waals surface area (Å²) in [6, 6.07) is 6.85. The quantitative estimate of drug-likeness (QED) is 0.675. The minimum Gasteiger partial charge on any atom is -0.381 e. The van der Waals surface area contributed by atoms with E-state index in [1.165, 1.54) is 32.1 Å². The summed E-state index contributed by atoms with van der Waals surface area (Å²) < 4.78 is 5.55. The fourth-order valence-electron chi connectivity index (χ4n) is 2.71. The maximum absolute atomic E-state index is 5.55. The third-order valence-corrected chi connectivity index (χ3v) is 3.58. The van der Waals surface area contributed by atoms with E-state index in [1.54, 1.807) is 16.7 Å². The number of aryl methyl sites for hydroxylation is 2. The molecule has 1 aromatic carbocycles. The zero-order valence-electron chi connectivity index (χ0n) is 11.0. The van der Waals surface area contributed by atoms with Gasteiger partial charge < -0.3 is 4.74 Å². The Morgan fingerprint density at radius 2 is 2.00 bits per heavy atom. The lowest BCUT2D eigenvalue weighted by Gasteiger charge is -2.19. The van der Waals surface area contributed by atoms with Crippen molar-refractivity contribution in [2.45, 2.75) is 51.9 Å². The van der Waals surface area contributed by atoms with Crippen LogP contribution in [0.15, 0.2) is 18.2 Å². The van der Waals surface area contributed by atoms with Crippen LogP contribution < -0.4 is 0 Å². The first-order valence-corrected chi connectivity index (χ1v) is 7.09. The van der Waals surface area contributed by atoms with Crippen molar-refractivity contribution in [3.8, 4) is 0 Å². The molecule has 17 heavy (non-hydrogen) atoms. The van der Waals surface area contributed by atoms with E-state index in [0.717, 1.165) is 26.1 Å². The number of rotatable bonds is 6. The normalized spacial score (nSPS) is 14.6. The van der Waals surface area contributed by atoms with Gasteiger partial charge >= 0.3 is 0 Å². The Bertz CT molecular complexity index is 343. The molecule has 1 heteroatoms. The van der Waals surface area contributed by atoms with Crippen molar-refractivity contribution in [2.75, 3.05) is 13.2 Å². The lowest BCUT2D eigenvalue weighted by molar-refractivity contribution is 0.132. The number of benzene rings is 1. The monoisotopic (exact) mass is 232 g/mol. The van der Waals surface area contributed by atoms with Gasteiger partial charge in [0.2, 0.25) is 0 Å².